The van der Waals surface area contributed by atoms with E-state index in [1.165, 1.54) is 0 Å². The molecule has 2 amide bonds. The summed E-state index contributed by atoms with van der Waals surface area (Å²) in [7, 11) is 0. The fourth-order valence-corrected chi connectivity index (χ4v) is 2.24. The van der Waals surface area contributed by atoms with E-state index in [-0.39, 0.29) is 42.8 Å². The lowest BCUT2D eigenvalue weighted by Crippen LogP contribution is -2.46. The van der Waals surface area contributed by atoms with Crippen molar-refractivity contribution >= 4 is 29.9 Å². The molecule has 7 nitrogen and oxygen atoms in total. The van der Waals surface area contributed by atoms with Crippen LogP contribution in [0.1, 0.15) is 20.3 Å². The maximum atomic E-state index is 12.1. The zero-order valence-electron chi connectivity index (χ0n) is 14.5. The van der Waals surface area contributed by atoms with Crippen molar-refractivity contribution in [3.63, 3.8) is 0 Å². The lowest BCUT2D eigenvalue weighted by atomic mass is 10.1. The van der Waals surface area contributed by atoms with Crippen LogP contribution in [0.3, 0.4) is 0 Å². The van der Waals surface area contributed by atoms with Gasteiger partial charge in [0.15, 0.2) is 0 Å². The Hall–Kier alpha value is -1.83. The number of nitrogens with two attached hydrogens (primary N) is 1. The van der Waals surface area contributed by atoms with Gasteiger partial charge in [-0.1, -0.05) is 26.0 Å². The van der Waals surface area contributed by atoms with Crippen LogP contribution in [0.25, 0.3) is 0 Å². The van der Waals surface area contributed by atoms with Gasteiger partial charge in [-0.2, -0.15) is 0 Å². The van der Waals surface area contributed by atoms with Crippen LogP contribution in [0.15, 0.2) is 24.3 Å². The van der Waals surface area contributed by atoms with Gasteiger partial charge in [-0.3, -0.25) is 9.59 Å². The summed E-state index contributed by atoms with van der Waals surface area (Å²) < 4.78 is 11.1. The average molecular weight is 372 g/mol. The van der Waals surface area contributed by atoms with Gasteiger partial charge in [-0.15, -0.1) is 12.4 Å². The molecule has 1 aliphatic rings. The third-order valence-corrected chi connectivity index (χ3v) is 3.79. The highest BCUT2D eigenvalue weighted by Crippen LogP contribution is 2.26. The Morgan fingerprint density at radius 3 is 2.72 bits per heavy atom. The summed E-state index contributed by atoms with van der Waals surface area (Å²) in [6, 6.07) is 6.56. The molecule has 0 aliphatic carbocycles. The monoisotopic (exact) mass is 371 g/mol. The first-order valence-electron chi connectivity index (χ1n) is 8.14. The summed E-state index contributed by atoms with van der Waals surface area (Å²) >= 11 is 0. The number of hydrogen-bond donors (Lipinski definition) is 3. The van der Waals surface area contributed by atoms with Crippen molar-refractivity contribution in [3.05, 3.63) is 24.3 Å². The lowest BCUT2D eigenvalue weighted by molar-refractivity contribution is -0.125. The summed E-state index contributed by atoms with van der Waals surface area (Å²) in [6.07, 6.45) is 0.817. The van der Waals surface area contributed by atoms with Crippen molar-refractivity contribution < 1.29 is 19.1 Å². The quantitative estimate of drug-likeness (QED) is 0.670. The lowest BCUT2D eigenvalue weighted by Gasteiger charge is -2.17. The van der Waals surface area contributed by atoms with Crippen LogP contribution >= 0.6 is 12.4 Å². The van der Waals surface area contributed by atoms with Gasteiger partial charge in [0.1, 0.15) is 11.9 Å². The van der Waals surface area contributed by atoms with Crippen molar-refractivity contribution in [2.75, 3.05) is 25.1 Å². The maximum absolute atomic E-state index is 12.1. The Labute approximate surface area is 154 Å². The second-order valence-corrected chi connectivity index (χ2v) is 6.14. The van der Waals surface area contributed by atoms with Crippen molar-refractivity contribution in [2.45, 2.75) is 32.4 Å². The van der Waals surface area contributed by atoms with Gasteiger partial charge >= 0.3 is 0 Å². The minimum Gasteiger partial charge on any atom is -0.486 e. The summed E-state index contributed by atoms with van der Waals surface area (Å²) in [5.41, 5.74) is 6.31. The van der Waals surface area contributed by atoms with Crippen LogP contribution in [0.5, 0.6) is 5.75 Å². The Kier molecular flexibility index (Phi) is 8.68. The first-order valence-corrected chi connectivity index (χ1v) is 8.14. The first kappa shape index (κ1) is 21.2. The highest BCUT2D eigenvalue weighted by molar-refractivity contribution is 5.96. The van der Waals surface area contributed by atoms with Gasteiger partial charge in [0.05, 0.1) is 31.5 Å². The molecule has 2 atom stereocenters. The molecule has 140 valence electrons. The van der Waals surface area contributed by atoms with Gasteiger partial charge in [0.25, 0.3) is 0 Å². The van der Waals surface area contributed by atoms with E-state index >= 15 is 0 Å². The van der Waals surface area contributed by atoms with Crippen LogP contribution in [-0.4, -0.2) is 43.7 Å². The third-order valence-electron chi connectivity index (χ3n) is 3.79. The second kappa shape index (κ2) is 10.2. The van der Waals surface area contributed by atoms with E-state index < -0.39 is 6.04 Å². The number of amides is 2. The van der Waals surface area contributed by atoms with Crippen LogP contribution in [0.4, 0.5) is 5.69 Å². The van der Waals surface area contributed by atoms with E-state index in [1.807, 2.05) is 19.9 Å². The van der Waals surface area contributed by atoms with E-state index in [2.05, 4.69) is 10.6 Å². The number of benzene rings is 1. The average Bonchev–Trinajstić information content (AvgIpc) is 3.06. The highest BCUT2D eigenvalue weighted by Gasteiger charge is 2.20. The molecule has 1 fully saturated rings. The van der Waals surface area contributed by atoms with E-state index in [0.29, 0.717) is 24.7 Å². The number of ether oxygens (including phenoxy) is 2. The maximum Gasteiger partial charge on any atom is 0.243 e. The number of halogens is 1. The van der Waals surface area contributed by atoms with E-state index in [4.69, 9.17) is 15.2 Å². The number of rotatable bonds is 7. The zero-order valence-corrected chi connectivity index (χ0v) is 15.3. The molecule has 2 rings (SSSR count). The van der Waals surface area contributed by atoms with Crippen LogP contribution in [0, 0.1) is 5.92 Å². The number of carbonyl (C=O) groups is 2. The van der Waals surface area contributed by atoms with Crippen molar-refractivity contribution in [1.29, 1.82) is 0 Å². The zero-order chi connectivity index (χ0) is 17.5. The van der Waals surface area contributed by atoms with Crippen LogP contribution in [-0.2, 0) is 14.3 Å². The fourth-order valence-electron chi connectivity index (χ4n) is 2.24. The van der Waals surface area contributed by atoms with Crippen molar-refractivity contribution in [3.8, 4) is 5.75 Å². The molecule has 25 heavy (non-hydrogen) atoms. The number of carbonyl (C=O) groups excluding carboxylic acids is 2. The Balaban J connectivity index is 0.00000312. The van der Waals surface area contributed by atoms with E-state index in [1.54, 1.807) is 18.2 Å². The van der Waals surface area contributed by atoms with Crippen molar-refractivity contribution in [1.82, 2.24) is 5.32 Å². The highest BCUT2D eigenvalue weighted by atomic mass is 35.5. The fraction of sp³-hybridized carbons (Fsp3) is 0.529. The minimum atomic E-state index is -0.629. The normalized spacial score (nSPS) is 17.5. The largest absolute Gasteiger partial charge is 0.486 e. The molecular weight excluding hydrogens is 346 g/mol. The van der Waals surface area contributed by atoms with Gasteiger partial charge in [-0.25, -0.2) is 0 Å². The van der Waals surface area contributed by atoms with Gasteiger partial charge < -0.3 is 25.8 Å². The minimum absolute atomic E-state index is 0. The number of nitrogens with one attached hydrogen (secondary N) is 2. The van der Waals surface area contributed by atoms with E-state index in [0.717, 1.165) is 6.42 Å². The Morgan fingerprint density at radius 1 is 1.36 bits per heavy atom. The molecule has 0 spiro atoms. The van der Waals surface area contributed by atoms with Gasteiger partial charge in [0.2, 0.25) is 11.8 Å². The molecule has 0 bridgehead atoms. The molecule has 0 aromatic heterocycles. The molecule has 1 aromatic carbocycles. The number of para-hydroxylation sites is 2. The molecule has 0 saturated carbocycles. The standard InChI is InChI=1S/C17H25N3O4.ClH/c1-11(2)16(18)17(22)19-9-15(21)20-13-5-3-4-6-14(13)24-12-7-8-23-10-12;/h3-6,11-12,16H,7-10,18H2,1-2H3,(H,19,22)(H,20,21);1H/t12?,16-;/m0./s1. The van der Waals surface area contributed by atoms with Crippen LogP contribution < -0.4 is 21.1 Å². The first-order chi connectivity index (χ1) is 11.5. The summed E-state index contributed by atoms with van der Waals surface area (Å²) in [4.78, 5) is 23.8. The molecule has 4 N–H and O–H groups in total. The Bertz CT molecular complexity index is 577. The molecule has 1 saturated heterocycles. The van der Waals surface area contributed by atoms with Gasteiger partial charge in [0, 0.05) is 6.42 Å². The number of anilines is 1. The smallest absolute Gasteiger partial charge is 0.243 e. The van der Waals surface area contributed by atoms with E-state index in [9.17, 15) is 9.59 Å². The van der Waals surface area contributed by atoms with Gasteiger partial charge in [-0.05, 0) is 18.1 Å². The topological polar surface area (TPSA) is 103 Å². The molecular formula is C17H26ClN3O4. The molecule has 8 heteroatoms. The molecule has 1 aliphatic heterocycles. The Morgan fingerprint density at radius 2 is 2.08 bits per heavy atom. The summed E-state index contributed by atoms with van der Waals surface area (Å²) in [6.45, 7) is 4.79. The SMILES string of the molecule is CC(C)[C@H](N)C(=O)NCC(=O)Nc1ccccc1OC1CCOC1.Cl. The van der Waals surface area contributed by atoms with Crippen molar-refractivity contribution in [2.24, 2.45) is 11.7 Å². The molecule has 1 unspecified atom stereocenters. The predicted molar refractivity (Wildman–Crippen MR) is 98.0 cm³/mol. The molecule has 1 aromatic rings. The second-order valence-electron chi connectivity index (χ2n) is 6.14. The summed E-state index contributed by atoms with van der Waals surface area (Å²) in [5, 5.41) is 5.29. The predicted octanol–water partition coefficient (Wildman–Crippen LogP) is 1.31. The number of hydrogen-bond acceptors (Lipinski definition) is 5. The third kappa shape index (κ3) is 6.53. The molecule has 0 radical (unpaired) electrons. The summed E-state index contributed by atoms with van der Waals surface area (Å²) in [5.74, 6) is -0.0757. The molecule has 1 heterocycles. The van der Waals surface area contributed by atoms with Crippen LogP contribution in [0.2, 0.25) is 0 Å².